The second-order valence-electron chi connectivity index (χ2n) is 4.26. The zero-order valence-electron chi connectivity index (χ0n) is 11.4. The number of methoxy groups -OCH3 is 2. The predicted molar refractivity (Wildman–Crippen MR) is 71.2 cm³/mol. The molecule has 4 heteroatoms. The van der Waals surface area contributed by atoms with Gasteiger partial charge in [0, 0.05) is 5.56 Å². The van der Waals surface area contributed by atoms with E-state index in [9.17, 15) is 4.79 Å². The number of carbonyl (C=O) groups excluding carboxylic acids is 1. The Bertz CT molecular complexity index is 611. The van der Waals surface area contributed by atoms with Gasteiger partial charge in [-0.1, -0.05) is 0 Å². The van der Waals surface area contributed by atoms with Crippen LogP contribution in [-0.2, 0) is 0 Å². The van der Waals surface area contributed by atoms with Gasteiger partial charge in [-0.3, -0.25) is 4.79 Å². The van der Waals surface area contributed by atoms with Crippen molar-refractivity contribution < 1.29 is 18.7 Å². The minimum atomic E-state index is -0.161. The van der Waals surface area contributed by atoms with Crippen LogP contribution in [0.2, 0.25) is 0 Å². The third-order valence-corrected chi connectivity index (χ3v) is 2.94. The second kappa shape index (κ2) is 5.18. The van der Waals surface area contributed by atoms with Gasteiger partial charge in [0.1, 0.15) is 5.76 Å². The van der Waals surface area contributed by atoms with Crippen LogP contribution in [0.5, 0.6) is 11.5 Å². The van der Waals surface area contributed by atoms with Gasteiger partial charge in [-0.2, -0.15) is 0 Å². The fourth-order valence-electron chi connectivity index (χ4n) is 1.91. The molecule has 0 fully saturated rings. The maximum Gasteiger partial charge on any atom is 0.228 e. The van der Waals surface area contributed by atoms with Crippen molar-refractivity contribution in [1.29, 1.82) is 0 Å². The van der Waals surface area contributed by atoms with Gasteiger partial charge in [0.2, 0.25) is 5.78 Å². The van der Waals surface area contributed by atoms with Gasteiger partial charge >= 0.3 is 0 Å². The summed E-state index contributed by atoms with van der Waals surface area (Å²) in [6, 6.07) is 6.90. The molecule has 0 aliphatic rings. The van der Waals surface area contributed by atoms with Crippen molar-refractivity contribution in [1.82, 2.24) is 0 Å². The first-order chi connectivity index (χ1) is 9.06. The van der Waals surface area contributed by atoms with Gasteiger partial charge in [-0.15, -0.1) is 0 Å². The molecule has 2 rings (SSSR count). The molecule has 0 amide bonds. The Morgan fingerprint density at radius 1 is 1.05 bits per heavy atom. The Balaban J connectivity index is 2.47. The number of carbonyl (C=O) groups is 1. The van der Waals surface area contributed by atoms with Crippen LogP contribution in [0.4, 0.5) is 0 Å². The molecule has 1 heterocycles. The average Bonchev–Trinajstić information content (AvgIpc) is 2.84. The molecule has 0 aliphatic heterocycles. The van der Waals surface area contributed by atoms with E-state index in [4.69, 9.17) is 13.9 Å². The zero-order valence-corrected chi connectivity index (χ0v) is 11.4. The van der Waals surface area contributed by atoms with E-state index in [2.05, 4.69) is 0 Å². The largest absolute Gasteiger partial charge is 0.493 e. The van der Waals surface area contributed by atoms with Crippen molar-refractivity contribution >= 4 is 5.78 Å². The van der Waals surface area contributed by atoms with Crippen LogP contribution in [0, 0.1) is 13.8 Å². The number of aryl methyl sites for hydroxylation is 2. The van der Waals surface area contributed by atoms with Crippen molar-refractivity contribution in [3.05, 3.63) is 46.9 Å². The normalized spacial score (nSPS) is 10.3. The summed E-state index contributed by atoms with van der Waals surface area (Å²) in [5.74, 6) is 2.01. The van der Waals surface area contributed by atoms with Crippen LogP contribution in [0.15, 0.2) is 28.7 Å². The molecule has 0 saturated carbocycles. The molecule has 2 aromatic rings. The standard InChI is InChI=1S/C15H16O4/c1-9-7-13(17-3)14(18-4)8-11(9)15(16)12-6-5-10(2)19-12/h5-8H,1-4H3. The van der Waals surface area contributed by atoms with Crippen LogP contribution in [0.25, 0.3) is 0 Å². The van der Waals surface area contributed by atoms with Crippen LogP contribution in [0.1, 0.15) is 27.4 Å². The third kappa shape index (κ3) is 2.47. The van der Waals surface area contributed by atoms with E-state index in [0.717, 1.165) is 5.56 Å². The summed E-state index contributed by atoms with van der Waals surface area (Å²) < 4.78 is 15.8. The summed E-state index contributed by atoms with van der Waals surface area (Å²) in [6.45, 7) is 3.66. The highest BCUT2D eigenvalue weighted by Gasteiger charge is 2.18. The molecule has 4 nitrogen and oxygen atoms in total. The van der Waals surface area contributed by atoms with E-state index in [-0.39, 0.29) is 5.78 Å². The molecule has 0 saturated heterocycles. The van der Waals surface area contributed by atoms with E-state index in [1.54, 1.807) is 45.4 Å². The summed E-state index contributed by atoms with van der Waals surface area (Å²) in [4.78, 5) is 12.4. The fraction of sp³-hybridized carbons (Fsp3) is 0.267. The van der Waals surface area contributed by atoms with Crippen molar-refractivity contribution in [2.45, 2.75) is 13.8 Å². The van der Waals surface area contributed by atoms with Gasteiger partial charge < -0.3 is 13.9 Å². The quantitative estimate of drug-likeness (QED) is 0.792. The highest BCUT2D eigenvalue weighted by Crippen LogP contribution is 2.31. The van der Waals surface area contributed by atoms with Crippen LogP contribution in [-0.4, -0.2) is 20.0 Å². The van der Waals surface area contributed by atoms with Gasteiger partial charge in [0.25, 0.3) is 0 Å². The summed E-state index contributed by atoms with van der Waals surface area (Å²) in [6.07, 6.45) is 0. The number of hydrogen-bond acceptors (Lipinski definition) is 4. The molecule has 19 heavy (non-hydrogen) atoms. The lowest BCUT2D eigenvalue weighted by Crippen LogP contribution is -2.04. The lowest BCUT2D eigenvalue weighted by Gasteiger charge is -2.11. The number of hydrogen-bond donors (Lipinski definition) is 0. The topological polar surface area (TPSA) is 48.7 Å². The Kier molecular flexibility index (Phi) is 3.60. The number of ketones is 1. The van der Waals surface area contributed by atoms with Crippen molar-refractivity contribution in [2.75, 3.05) is 14.2 Å². The van der Waals surface area contributed by atoms with Crippen LogP contribution in [0.3, 0.4) is 0 Å². The molecule has 0 aliphatic carbocycles. The van der Waals surface area contributed by atoms with E-state index >= 15 is 0 Å². The number of ether oxygens (including phenoxy) is 2. The fourth-order valence-corrected chi connectivity index (χ4v) is 1.91. The number of rotatable bonds is 4. The Hall–Kier alpha value is -2.23. The molecule has 1 aromatic carbocycles. The second-order valence-corrected chi connectivity index (χ2v) is 4.26. The van der Waals surface area contributed by atoms with Crippen molar-refractivity contribution in [2.24, 2.45) is 0 Å². The molecule has 1 aromatic heterocycles. The summed E-state index contributed by atoms with van der Waals surface area (Å²) in [7, 11) is 3.10. The Morgan fingerprint density at radius 2 is 1.68 bits per heavy atom. The molecular weight excluding hydrogens is 244 g/mol. The first-order valence-electron chi connectivity index (χ1n) is 5.90. The van der Waals surface area contributed by atoms with Gasteiger partial charge in [-0.25, -0.2) is 0 Å². The van der Waals surface area contributed by atoms with E-state index in [0.29, 0.717) is 28.6 Å². The molecular formula is C15H16O4. The minimum absolute atomic E-state index is 0.161. The summed E-state index contributed by atoms with van der Waals surface area (Å²) in [5.41, 5.74) is 1.36. The smallest absolute Gasteiger partial charge is 0.228 e. The number of benzene rings is 1. The highest BCUT2D eigenvalue weighted by atomic mass is 16.5. The van der Waals surface area contributed by atoms with Gasteiger partial charge in [0.15, 0.2) is 17.3 Å². The van der Waals surface area contributed by atoms with Crippen LogP contribution >= 0.6 is 0 Å². The lowest BCUT2D eigenvalue weighted by atomic mass is 10.0. The summed E-state index contributed by atoms with van der Waals surface area (Å²) >= 11 is 0. The molecule has 100 valence electrons. The van der Waals surface area contributed by atoms with Crippen molar-refractivity contribution in [3.8, 4) is 11.5 Å². The first-order valence-corrected chi connectivity index (χ1v) is 5.90. The van der Waals surface area contributed by atoms with E-state index < -0.39 is 0 Å². The maximum absolute atomic E-state index is 12.4. The first kappa shape index (κ1) is 13.2. The third-order valence-electron chi connectivity index (χ3n) is 2.94. The van der Waals surface area contributed by atoms with E-state index in [1.165, 1.54) is 0 Å². The lowest BCUT2D eigenvalue weighted by molar-refractivity contribution is 0.101. The minimum Gasteiger partial charge on any atom is -0.493 e. The Labute approximate surface area is 111 Å². The Morgan fingerprint density at radius 3 is 2.21 bits per heavy atom. The molecule has 0 N–H and O–H groups in total. The van der Waals surface area contributed by atoms with Crippen LogP contribution < -0.4 is 9.47 Å². The predicted octanol–water partition coefficient (Wildman–Crippen LogP) is 3.14. The number of furan rings is 1. The van der Waals surface area contributed by atoms with Gasteiger partial charge in [-0.05, 0) is 43.7 Å². The van der Waals surface area contributed by atoms with E-state index in [1.807, 2.05) is 6.92 Å². The average molecular weight is 260 g/mol. The summed E-state index contributed by atoms with van der Waals surface area (Å²) in [5, 5.41) is 0. The molecule has 0 spiro atoms. The monoisotopic (exact) mass is 260 g/mol. The van der Waals surface area contributed by atoms with Gasteiger partial charge in [0.05, 0.1) is 14.2 Å². The highest BCUT2D eigenvalue weighted by molar-refractivity contribution is 6.08. The van der Waals surface area contributed by atoms with Crippen molar-refractivity contribution in [3.63, 3.8) is 0 Å². The molecule has 0 unspecified atom stereocenters. The zero-order chi connectivity index (χ0) is 14.0. The SMILES string of the molecule is COc1cc(C)c(C(=O)c2ccc(C)o2)cc1OC. The molecule has 0 atom stereocenters. The molecule has 0 bridgehead atoms. The maximum atomic E-state index is 12.4. The molecule has 0 radical (unpaired) electrons.